The van der Waals surface area contributed by atoms with Gasteiger partial charge in [-0.25, -0.2) is 8.42 Å². The van der Waals surface area contributed by atoms with Gasteiger partial charge in [-0.1, -0.05) is 27.7 Å². The van der Waals surface area contributed by atoms with E-state index in [2.05, 4.69) is 32.2 Å². The number of rotatable bonds is 8. The number of benzene rings is 2. The predicted octanol–water partition coefficient (Wildman–Crippen LogP) is 5.08. The minimum atomic E-state index is -3.52. The maximum Gasteiger partial charge on any atom is 0.243 e. The highest BCUT2D eigenvalue weighted by atomic mass is 32.2. The van der Waals surface area contributed by atoms with Crippen LogP contribution in [0.4, 0.5) is 5.69 Å². The van der Waals surface area contributed by atoms with Crippen molar-refractivity contribution >= 4 is 32.6 Å². The molecule has 6 nitrogen and oxygen atoms in total. The van der Waals surface area contributed by atoms with Crippen molar-refractivity contribution in [3.8, 4) is 0 Å². The Bertz CT molecular complexity index is 1170. The van der Waals surface area contributed by atoms with Gasteiger partial charge in [-0.2, -0.15) is 4.31 Å². The minimum Gasteiger partial charge on any atom is -0.464 e. The molecule has 1 N–H and O–H groups in total. The van der Waals surface area contributed by atoms with Crippen LogP contribution in [0.1, 0.15) is 50.3 Å². The summed E-state index contributed by atoms with van der Waals surface area (Å²) in [6, 6.07) is 10.4. The number of amides is 1. The van der Waals surface area contributed by atoms with Crippen LogP contribution in [0.15, 0.2) is 52.0 Å². The summed E-state index contributed by atoms with van der Waals surface area (Å²) in [4.78, 5) is 12.8. The third-order valence-electron chi connectivity index (χ3n) is 5.50. The lowest BCUT2D eigenvalue weighted by Gasteiger charge is -2.18. The summed E-state index contributed by atoms with van der Waals surface area (Å²) in [6.45, 7) is 10.8. The van der Waals surface area contributed by atoms with E-state index in [-0.39, 0.29) is 17.2 Å². The Kier molecular flexibility index (Phi) is 6.86. The second kappa shape index (κ2) is 9.24. The highest BCUT2D eigenvalue weighted by molar-refractivity contribution is 7.89. The number of carbonyl (C=O) groups excluding carboxylic acids is 1. The molecule has 0 unspecified atom stereocenters. The van der Waals surface area contributed by atoms with Crippen LogP contribution in [0.5, 0.6) is 0 Å². The highest BCUT2D eigenvalue weighted by Crippen LogP contribution is 2.29. The summed E-state index contributed by atoms with van der Waals surface area (Å²) in [7, 11) is -3.52. The maximum atomic E-state index is 12.6. The van der Waals surface area contributed by atoms with Gasteiger partial charge >= 0.3 is 0 Å². The van der Waals surface area contributed by atoms with E-state index in [1.807, 2.05) is 6.07 Å². The van der Waals surface area contributed by atoms with Crippen molar-refractivity contribution in [2.45, 2.75) is 51.9 Å². The Hall–Kier alpha value is -2.64. The number of furan rings is 1. The molecule has 1 heterocycles. The molecule has 0 bridgehead atoms. The zero-order valence-electron chi connectivity index (χ0n) is 18.7. The average molecular weight is 443 g/mol. The number of aryl methyl sites for hydroxylation is 1. The Morgan fingerprint density at radius 3 is 2.32 bits per heavy atom. The molecule has 166 valence electrons. The molecule has 1 amide bonds. The number of anilines is 1. The molecule has 0 aliphatic rings. The number of hydrogen-bond donors (Lipinski definition) is 1. The van der Waals surface area contributed by atoms with Gasteiger partial charge in [-0.15, -0.1) is 0 Å². The third kappa shape index (κ3) is 4.83. The van der Waals surface area contributed by atoms with Gasteiger partial charge in [0, 0.05) is 29.7 Å². The van der Waals surface area contributed by atoms with E-state index in [4.69, 9.17) is 4.42 Å². The first-order valence-corrected chi connectivity index (χ1v) is 12.0. The fraction of sp³-hybridized carbons (Fsp3) is 0.375. The molecule has 0 radical (unpaired) electrons. The van der Waals surface area contributed by atoms with E-state index in [0.29, 0.717) is 24.7 Å². The average Bonchev–Trinajstić information content (AvgIpc) is 3.09. The summed E-state index contributed by atoms with van der Waals surface area (Å²) in [5.74, 6) is 0.195. The Morgan fingerprint density at radius 1 is 1.10 bits per heavy atom. The number of nitrogens with one attached hydrogen (secondary N) is 1. The lowest BCUT2D eigenvalue weighted by atomic mass is 9.95. The van der Waals surface area contributed by atoms with Crippen molar-refractivity contribution in [2.75, 3.05) is 18.4 Å². The van der Waals surface area contributed by atoms with Crippen LogP contribution in [0.3, 0.4) is 0 Å². The van der Waals surface area contributed by atoms with Gasteiger partial charge in [0.1, 0.15) is 5.58 Å². The smallest absolute Gasteiger partial charge is 0.243 e. The first-order valence-electron chi connectivity index (χ1n) is 10.6. The molecule has 2 aromatic carbocycles. The lowest BCUT2D eigenvalue weighted by Crippen LogP contribution is -2.30. The molecule has 3 rings (SSSR count). The van der Waals surface area contributed by atoms with Crippen LogP contribution in [0, 0.1) is 6.92 Å². The largest absolute Gasteiger partial charge is 0.464 e. The summed E-state index contributed by atoms with van der Waals surface area (Å²) in [6.07, 6.45) is 1.81. The lowest BCUT2D eigenvalue weighted by molar-refractivity contribution is -0.115. The summed E-state index contributed by atoms with van der Waals surface area (Å²) >= 11 is 0. The van der Waals surface area contributed by atoms with Crippen LogP contribution in [-0.4, -0.2) is 31.7 Å². The van der Waals surface area contributed by atoms with Gasteiger partial charge < -0.3 is 9.73 Å². The molecule has 0 saturated heterocycles. The molecule has 0 spiro atoms. The zero-order valence-corrected chi connectivity index (χ0v) is 19.5. The van der Waals surface area contributed by atoms with Crippen molar-refractivity contribution in [3.05, 3.63) is 59.4 Å². The quantitative estimate of drug-likeness (QED) is 0.528. The molecular weight excluding hydrogens is 412 g/mol. The van der Waals surface area contributed by atoms with Gasteiger partial charge in [0.15, 0.2) is 0 Å². The van der Waals surface area contributed by atoms with Gasteiger partial charge in [0.25, 0.3) is 0 Å². The maximum absolute atomic E-state index is 12.6. The monoisotopic (exact) mass is 442 g/mol. The minimum absolute atomic E-state index is 0.174. The molecule has 0 aliphatic heterocycles. The molecule has 3 aromatic rings. The van der Waals surface area contributed by atoms with Gasteiger partial charge in [0.2, 0.25) is 15.9 Å². The molecule has 0 aliphatic carbocycles. The first-order chi connectivity index (χ1) is 14.7. The molecule has 0 atom stereocenters. The molecule has 31 heavy (non-hydrogen) atoms. The van der Waals surface area contributed by atoms with Crippen molar-refractivity contribution in [3.63, 3.8) is 0 Å². The van der Waals surface area contributed by atoms with Crippen molar-refractivity contribution in [1.82, 2.24) is 4.31 Å². The van der Waals surface area contributed by atoms with Gasteiger partial charge in [0.05, 0.1) is 17.6 Å². The number of fused-ring (bicyclic) bond motifs is 1. The fourth-order valence-electron chi connectivity index (χ4n) is 3.80. The summed E-state index contributed by atoms with van der Waals surface area (Å²) in [5, 5.41) is 3.79. The molecule has 0 fully saturated rings. The van der Waals surface area contributed by atoms with Crippen LogP contribution in [0.2, 0.25) is 0 Å². The Morgan fingerprint density at radius 2 is 1.74 bits per heavy atom. The summed E-state index contributed by atoms with van der Waals surface area (Å²) < 4.78 is 32.2. The highest BCUT2D eigenvalue weighted by Gasteiger charge is 2.21. The second-order valence-electron chi connectivity index (χ2n) is 7.96. The number of hydrogen-bond acceptors (Lipinski definition) is 4. The molecule has 7 heteroatoms. The Balaban J connectivity index is 1.75. The predicted molar refractivity (Wildman–Crippen MR) is 124 cm³/mol. The standard InChI is InChI=1S/C24H30N2O4S/c1-6-26(7-2)31(28,29)20-10-8-19(9-11-20)25-24(27)13-18-15-30-23-12-17(5)21(16(3)4)14-22(18)23/h8-12,14-16H,6-7,13H2,1-5H3,(H,25,27). The van der Waals surface area contributed by atoms with E-state index >= 15 is 0 Å². The van der Waals surface area contributed by atoms with E-state index in [1.165, 1.54) is 27.6 Å². The van der Waals surface area contributed by atoms with E-state index in [1.54, 1.807) is 32.2 Å². The van der Waals surface area contributed by atoms with Crippen molar-refractivity contribution < 1.29 is 17.6 Å². The van der Waals surface area contributed by atoms with Crippen molar-refractivity contribution in [1.29, 1.82) is 0 Å². The molecule has 1 aromatic heterocycles. The van der Waals surface area contributed by atoms with E-state index < -0.39 is 10.0 Å². The van der Waals surface area contributed by atoms with Crippen LogP contribution >= 0.6 is 0 Å². The number of sulfonamides is 1. The fourth-order valence-corrected chi connectivity index (χ4v) is 5.26. The van der Waals surface area contributed by atoms with Gasteiger partial charge in [-0.05, 0) is 60.4 Å². The van der Waals surface area contributed by atoms with Crippen LogP contribution in [-0.2, 0) is 21.2 Å². The number of carbonyl (C=O) groups is 1. The Labute approximate surface area is 184 Å². The van der Waals surface area contributed by atoms with Crippen LogP contribution in [0.25, 0.3) is 11.0 Å². The van der Waals surface area contributed by atoms with E-state index in [0.717, 1.165) is 16.5 Å². The SMILES string of the molecule is CCN(CC)S(=O)(=O)c1ccc(NC(=O)Cc2coc3cc(C)c(C(C)C)cc23)cc1. The normalized spacial score (nSPS) is 12.1. The summed E-state index contributed by atoms with van der Waals surface area (Å²) in [5.41, 5.74) is 4.56. The first kappa shape index (κ1) is 23.0. The topological polar surface area (TPSA) is 79.6 Å². The third-order valence-corrected chi connectivity index (χ3v) is 7.56. The second-order valence-corrected chi connectivity index (χ2v) is 9.90. The van der Waals surface area contributed by atoms with Crippen LogP contribution < -0.4 is 5.32 Å². The van der Waals surface area contributed by atoms with Gasteiger partial charge in [-0.3, -0.25) is 4.79 Å². The molecule has 0 saturated carbocycles. The zero-order chi connectivity index (χ0) is 22.8. The number of nitrogens with zero attached hydrogens (tertiary/aromatic N) is 1. The van der Waals surface area contributed by atoms with Crippen molar-refractivity contribution in [2.24, 2.45) is 0 Å². The van der Waals surface area contributed by atoms with E-state index in [9.17, 15) is 13.2 Å². The molecular formula is C24H30N2O4S.